The molecule has 18 heavy (non-hydrogen) atoms. The summed E-state index contributed by atoms with van der Waals surface area (Å²) in [6.45, 7) is 1.92. The van der Waals surface area contributed by atoms with Crippen molar-refractivity contribution in [1.82, 2.24) is 4.31 Å². The zero-order valence-electron chi connectivity index (χ0n) is 10.7. The first kappa shape index (κ1) is 15.2. The van der Waals surface area contributed by atoms with Crippen molar-refractivity contribution in [3.63, 3.8) is 0 Å². The highest BCUT2D eigenvalue weighted by Gasteiger charge is 2.20. The fraction of sp³-hybridized carbons (Fsp3) is 0.417. The summed E-state index contributed by atoms with van der Waals surface area (Å²) in [5.41, 5.74) is 0.515. The molecule has 0 unspecified atom stereocenters. The molecule has 0 aliphatic carbocycles. The van der Waals surface area contributed by atoms with Crippen LogP contribution in [0.25, 0.3) is 0 Å². The van der Waals surface area contributed by atoms with Gasteiger partial charge < -0.3 is 0 Å². The molecule has 0 atom stereocenters. The number of carbonyl (C=O) groups excluding carboxylic acids is 1. The van der Waals surface area contributed by atoms with Crippen molar-refractivity contribution >= 4 is 27.6 Å². The number of hydrogen-bond donors (Lipinski definition) is 0. The Morgan fingerprint density at radius 2 is 1.83 bits per heavy atom. The van der Waals surface area contributed by atoms with E-state index in [0.717, 1.165) is 5.75 Å². The molecule has 0 radical (unpaired) electrons. The Balaban J connectivity index is 2.94. The number of sulfonamides is 1. The van der Waals surface area contributed by atoms with Crippen molar-refractivity contribution in [2.24, 2.45) is 0 Å². The lowest BCUT2D eigenvalue weighted by Crippen LogP contribution is -2.29. The van der Waals surface area contributed by atoms with Crippen LogP contribution in [0.3, 0.4) is 0 Å². The predicted molar refractivity (Wildman–Crippen MR) is 74.6 cm³/mol. The highest BCUT2D eigenvalue weighted by molar-refractivity contribution is 7.98. The maximum absolute atomic E-state index is 12.2. The van der Waals surface area contributed by atoms with E-state index in [0.29, 0.717) is 12.1 Å². The van der Waals surface area contributed by atoms with Gasteiger partial charge in [-0.3, -0.25) is 4.79 Å². The smallest absolute Gasteiger partial charge is 0.242 e. The molecule has 0 amide bonds. The van der Waals surface area contributed by atoms with Crippen LogP contribution in [0.4, 0.5) is 0 Å². The minimum atomic E-state index is -3.44. The third-order valence-corrected chi connectivity index (χ3v) is 5.04. The minimum absolute atomic E-state index is 0.0744. The molecular formula is C12H17NO3S2. The van der Waals surface area contributed by atoms with E-state index in [1.165, 1.54) is 35.5 Å². The molecule has 0 heterocycles. The fourth-order valence-electron chi connectivity index (χ4n) is 1.38. The van der Waals surface area contributed by atoms with Crippen LogP contribution in [-0.4, -0.2) is 44.1 Å². The molecule has 100 valence electrons. The lowest BCUT2D eigenvalue weighted by molar-refractivity contribution is 0.101. The van der Waals surface area contributed by atoms with Gasteiger partial charge >= 0.3 is 0 Å². The first-order valence-corrected chi connectivity index (χ1v) is 8.29. The monoisotopic (exact) mass is 287 g/mol. The third kappa shape index (κ3) is 3.57. The summed E-state index contributed by atoms with van der Waals surface area (Å²) in [4.78, 5) is 11.3. The molecule has 1 aromatic rings. The molecule has 4 nitrogen and oxygen atoms in total. The molecular weight excluding hydrogens is 270 g/mol. The first-order chi connectivity index (χ1) is 8.39. The van der Waals surface area contributed by atoms with Gasteiger partial charge in [0.15, 0.2) is 5.78 Å². The van der Waals surface area contributed by atoms with E-state index in [4.69, 9.17) is 0 Å². The second-order valence-corrected chi connectivity index (χ2v) is 6.93. The average Bonchev–Trinajstić information content (AvgIpc) is 2.35. The van der Waals surface area contributed by atoms with Gasteiger partial charge in [0.1, 0.15) is 0 Å². The number of benzene rings is 1. The Labute approximate surface area is 112 Å². The molecule has 6 heteroatoms. The van der Waals surface area contributed by atoms with Crippen LogP contribution in [0.1, 0.15) is 17.3 Å². The van der Waals surface area contributed by atoms with Crippen LogP contribution in [0, 0.1) is 0 Å². The van der Waals surface area contributed by atoms with Gasteiger partial charge in [-0.2, -0.15) is 11.8 Å². The largest absolute Gasteiger partial charge is 0.295 e. The maximum atomic E-state index is 12.2. The highest BCUT2D eigenvalue weighted by atomic mass is 32.2. The Morgan fingerprint density at radius 1 is 1.28 bits per heavy atom. The van der Waals surface area contributed by atoms with E-state index in [-0.39, 0.29) is 10.7 Å². The van der Waals surface area contributed by atoms with Gasteiger partial charge in [0.2, 0.25) is 10.0 Å². The zero-order chi connectivity index (χ0) is 13.8. The van der Waals surface area contributed by atoms with Gasteiger partial charge in [0.25, 0.3) is 0 Å². The summed E-state index contributed by atoms with van der Waals surface area (Å²) in [5.74, 6) is 0.677. The molecule has 0 bridgehead atoms. The molecule has 0 aliphatic heterocycles. The SMILES string of the molecule is CSCCN(C)S(=O)(=O)c1ccc(C(C)=O)cc1. The molecule has 0 saturated heterocycles. The highest BCUT2D eigenvalue weighted by Crippen LogP contribution is 2.15. The number of ketones is 1. The number of nitrogens with zero attached hydrogens (tertiary/aromatic N) is 1. The maximum Gasteiger partial charge on any atom is 0.242 e. The van der Waals surface area contributed by atoms with E-state index in [1.54, 1.807) is 18.8 Å². The van der Waals surface area contributed by atoms with Gasteiger partial charge in [0, 0.05) is 24.9 Å². The van der Waals surface area contributed by atoms with Crippen LogP contribution in [0.15, 0.2) is 29.2 Å². The van der Waals surface area contributed by atoms with E-state index in [9.17, 15) is 13.2 Å². The molecule has 0 fully saturated rings. The molecule has 1 aromatic carbocycles. The van der Waals surface area contributed by atoms with Crippen LogP contribution in [0.5, 0.6) is 0 Å². The molecule has 0 spiro atoms. The van der Waals surface area contributed by atoms with E-state index >= 15 is 0 Å². The van der Waals surface area contributed by atoms with Crippen LogP contribution < -0.4 is 0 Å². The van der Waals surface area contributed by atoms with Crippen molar-refractivity contribution in [2.45, 2.75) is 11.8 Å². The van der Waals surface area contributed by atoms with E-state index in [2.05, 4.69) is 0 Å². The number of rotatable bonds is 6. The van der Waals surface area contributed by atoms with Crippen molar-refractivity contribution in [3.8, 4) is 0 Å². The minimum Gasteiger partial charge on any atom is -0.295 e. The molecule has 1 rings (SSSR count). The van der Waals surface area contributed by atoms with Crippen LogP contribution >= 0.6 is 11.8 Å². The van der Waals surface area contributed by atoms with Gasteiger partial charge in [0.05, 0.1) is 4.90 Å². The zero-order valence-corrected chi connectivity index (χ0v) is 12.3. The van der Waals surface area contributed by atoms with Crippen molar-refractivity contribution < 1.29 is 13.2 Å². The van der Waals surface area contributed by atoms with Crippen LogP contribution in [0.2, 0.25) is 0 Å². The Kier molecular flexibility index (Phi) is 5.37. The quantitative estimate of drug-likeness (QED) is 0.750. The van der Waals surface area contributed by atoms with Crippen molar-refractivity contribution in [2.75, 3.05) is 25.6 Å². The van der Waals surface area contributed by atoms with Gasteiger partial charge in [-0.1, -0.05) is 12.1 Å². The Bertz CT molecular complexity index is 509. The molecule has 0 aliphatic rings. The summed E-state index contributed by atoms with van der Waals surface area (Å²) in [7, 11) is -1.89. The summed E-state index contributed by atoms with van der Waals surface area (Å²) in [6, 6.07) is 6.03. The molecule has 0 saturated carbocycles. The molecule has 0 N–H and O–H groups in total. The topological polar surface area (TPSA) is 54.5 Å². The van der Waals surface area contributed by atoms with E-state index in [1.807, 2.05) is 6.26 Å². The molecule has 0 aromatic heterocycles. The van der Waals surface area contributed by atoms with Gasteiger partial charge in [-0.15, -0.1) is 0 Å². The standard InChI is InChI=1S/C12H17NO3S2/c1-10(14)11-4-6-12(7-5-11)18(15,16)13(2)8-9-17-3/h4-7H,8-9H2,1-3H3. The van der Waals surface area contributed by atoms with Crippen molar-refractivity contribution in [1.29, 1.82) is 0 Å². The Morgan fingerprint density at radius 3 is 2.28 bits per heavy atom. The number of carbonyl (C=O) groups is 1. The summed E-state index contributed by atoms with van der Waals surface area (Å²) in [5, 5.41) is 0. The average molecular weight is 287 g/mol. The van der Waals surface area contributed by atoms with Gasteiger partial charge in [-0.25, -0.2) is 12.7 Å². The second kappa shape index (κ2) is 6.36. The summed E-state index contributed by atoms with van der Waals surface area (Å²) >= 11 is 1.60. The second-order valence-electron chi connectivity index (χ2n) is 3.90. The first-order valence-electron chi connectivity index (χ1n) is 5.46. The normalized spacial score (nSPS) is 11.8. The lowest BCUT2D eigenvalue weighted by Gasteiger charge is -2.16. The lowest BCUT2D eigenvalue weighted by atomic mass is 10.2. The Hall–Kier alpha value is -0.850. The van der Waals surface area contributed by atoms with E-state index < -0.39 is 10.0 Å². The van der Waals surface area contributed by atoms with Crippen LogP contribution in [-0.2, 0) is 10.0 Å². The summed E-state index contributed by atoms with van der Waals surface area (Å²) in [6.07, 6.45) is 1.93. The van der Waals surface area contributed by atoms with Gasteiger partial charge in [-0.05, 0) is 25.3 Å². The number of hydrogen-bond acceptors (Lipinski definition) is 4. The predicted octanol–water partition coefficient (Wildman–Crippen LogP) is 1.87. The summed E-state index contributed by atoms with van der Waals surface area (Å²) < 4.78 is 25.6. The van der Waals surface area contributed by atoms with Crippen molar-refractivity contribution in [3.05, 3.63) is 29.8 Å². The fourth-order valence-corrected chi connectivity index (χ4v) is 3.13. The number of Topliss-reactive ketones (excluding diaryl/α,β-unsaturated/α-hetero) is 1. The third-order valence-electron chi connectivity index (χ3n) is 2.58. The number of thioether (sulfide) groups is 1.